The zero-order valence-corrected chi connectivity index (χ0v) is 17.1. The molecule has 4 nitrogen and oxygen atoms in total. The van der Waals surface area contributed by atoms with Gasteiger partial charge in [-0.3, -0.25) is 4.79 Å². The first kappa shape index (κ1) is 19.3. The van der Waals surface area contributed by atoms with Crippen LogP contribution in [-0.2, 0) is 4.79 Å². The molecule has 0 N–H and O–H groups in total. The molecule has 4 rings (SSSR count). The molecule has 0 radical (unpaired) electrons. The molecular formula is C24H33N3O. The molecule has 2 saturated heterocycles. The summed E-state index contributed by atoms with van der Waals surface area (Å²) in [5, 5.41) is 0. The minimum absolute atomic E-state index is 0.0715. The molecule has 1 atom stereocenters. The number of carbonyl (C=O) groups excluding carboxylic acids is 1. The van der Waals surface area contributed by atoms with Gasteiger partial charge >= 0.3 is 0 Å². The van der Waals surface area contributed by atoms with Crippen molar-refractivity contribution < 1.29 is 4.79 Å². The first-order valence-electron chi connectivity index (χ1n) is 10.9. The Morgan fingerprint density at radius 2 is 1.71 bits per heavy atom. The Morgan fingerprint density at radius 1 is 1.00 bits per heavy atom. The van der Waals surface area contributed by atoms with Crippen LogP contribution in [0.2, 0.25) is 0 Å². The Hall–Kier alpha value is -2.07. The number of hydrogen-bond donors (Lipinski definition) is 0. The monoisotopic (exact) mass is 379 g/mol. The van der Waals surface area contributed by atoms with E-state index in [1.165, 1.54) is 43.5 Å². The van der Waals surface area contributed by atoms with Crippen LogP contribution >= 0.6 is 0 Å². The van der Waals surface area contributed by atoms with Gasteiger partial charge in [-0.15, -0.1) is 0 Å². The molecule has 3 heterocycles. The van der Waals surface area contributed by atoms with Crippen LogP contribution in [-0.4, -0.2) is 52.5 Å². The molecule has 1 aromatic heterocycles. The maximum atomic E-state index is 13.1. The van der Waals surface area contributed by atoms with E-state index in [-0.39, 0.29) is 11.9 Å². The number of benzene rings is 1. The van der Waals surface area contributed by atoms with Gasteiger partial charge in [-0.1, -0.05) is 36.2 Å². The van der Waals surface area contributed by atoms with E-state index in [0.717, 1.165) is 25.9 Å². The quantitative estimate of drug-likeness (QED) is 0.777. The summed E-state index contributed by atoms with van der Waals surface area (Å²) in [7, 11) is 0. The summed E-state index contributed by atoms with van der Waals surface area (Å²) >= 11 is 0. The second kappa shape index (κ2) is 8.95. The molecule has 2 aliphatic rings. The average molecular weight is 380 g/mol. The zero-order valence-electron chi connectivity index (χ0n) is 17.1. The van der Waals surface area contributed by atoms with Gasteiger partial charge in [-0.2, -0.15) is 0 Å². The van der Waals surface area contributed by atoms with Gasteiger partial charge in [0, 0.05) is 31.5 Å². The van der Waals surface area contributed by atoms with Crippen molar-refractivity contribution in [1.82, 2.24) is 14.4 Å². The van der Waals surface area contributed by atoms with Crippen LogP contribution in [0.25, 0.3) is 0 Å². The summed E-state index contributed by atoms with van der Waals surface area (Å²) in [6.45, 7) is 6.44. The van der Waals surface area contributed by atoms with Crippen LogP contribution in [0, 0.1) is 6.92 Å². The summed E-state index contributed by atoms with van der Waals surface area (Å²) in [6.07, 6.45) is 11.0. The number of aromatic nitrogens is 1. The van der Waals surface area contributed by atoms with Crippen molar-refractivity contribution >= 4 is 5.91 Å². The van der Waals surface area contributed by atoms with E-state index in [1.807, 2.05) is 12.1 Å². The van der Waals surface area contributed by atoms with E-state index in [4.69, 9.17) is 0 Å². The Bertz CT molecular complexity index is 756. The lowest BCUT2D eigenvalue weighted by Crippen LogP contribution is -2.48. The normalized spacial score (nSPS) is 20.2. The summed E-state index contributed by atoms with van der Waals surface area (Å²) < 4.78 is 2.17. The molecule has 0 unspecified atom stereocenters. The molecule has 0 bridgehead atoms. The van der Waals surface area contributed by atoms with E-state index < -0.39 is 0 Å². The Labute approximate surface area is 169 Å². The molecule has 1 aromatic carbocycles. The van der Waals surface area contributed by atoms with Crippen molar-refractivity contribution in [1.29, 1.82) is 0 Å². The van der Waals surface area contributed by atoms with Crippen LogP contribution in [0.3, 0.4) is 0 Å². The molecule has 2 fully saturated rings. The van der Waals surface area contributed by atoms with Crippen LogP contribution in [0.5, 0.6) is 0 Å². The largest absolute Gasteiger partial charge is 0.346 e. The summed E-state index contributed by atoms with van der Waals surface area (Å²) in [4.78, 5) is 17.9. The molecular weight excluding hydrogens is 346 g/mol. The number of nitrogens with zero attached hydrogens (tertiary/aromatic N) is 3. The zero-order chi connectivity index (χ0) is 19.3. The second-order valence-corrected chi connectivity index (χ2v) is 8.47. The first-order chi connectivity index (χ1) is 13.7. The van der Waals surface area contributed by atoms with Crippen LogP contribution in [0.4, 0.5) is 0 Å². The minimum Gasteiger partial charge on any atom is -0.346 e. The number of piperidine rings is 2. The molecule has 0 spiro atoms. The molecule has 150 valence electrons. The van der Waals surface area contributed by atoms with Crippen molar-refractivity contribution in [3.63, 3.8) is 0 Å². The predicted molar refractivity (Wildman–Crippen MR) is 113 cm³/mol. The lowest BCUT2D eigenvalue weighted by atomic mass is 9.98. The summed E-state index contributed by atoms with van der Waals surface area (Å²) in [5.74, 6) is 0.289. The Kier molecular flexibility index (Phi) is 6.16. The van der Waals surface area contributed by atoms with E-state index in [1.54, 1.807) is 0 Å². The molecule has 1 amide bonds. The maximum Gasteiger partial charge on any atom is 0.225 e. The van der Waals surface area contributed by atoms with Crippen molar-refractivity contribution in [2.75, 3.05) is 26.2 Å². The highest BCUT2D eigenvalue weighted by atomic mass is 16.2. The smallest absolute Gasteiger partial charge is 0.225 e. The Balaban J connectivity index is 1.39. The standard InChI is InChI=1S/C24H33N3O/c1-20-8-7-9-21(18-20)23(26-14-5-6-15-26)19-24(28)27-16-10-22(11-17-27)25-12-3-2-4-13-25/h5-9,14-15,18,22-23H,2-4,10-13,16-17,19H2,1H3/t23-/m1/s1. The molecule has 28 heavy (non-hydrogen) atoms. The highest BCUT2D eigenvalue weighted by molar-refractivity contribution is 5.77. The third-order valence-electron chi connectivity index (χ3n) is 6.51. The SMILES string of the molecule is Cc1cccc([C@@H](CC(=O)N2CCC(N3CCCCC3)CC2)n2cccc2)c1. The summed E-state index contributed by atoms with van der Waals surface area (Å²) in [5.41, 5.74) is 2.46. The number of likely N-dealkylation sites (tertiary alicyclic amines) is 2. The lowest BCUT2D eigenvalue weighted by molar-refractivity contribution is -0.133. The molecule has 2 aliphatic heterocycles. The fourth-order valence-electron chi connectivity index (χ4n) is 4.89. The molecule has 2 aromatic rings. The predicted octanol–water partition coefficient (Wildman–Crippen LogP) is 4.25. The molecule has 0 aliphatic carbocycles. The fraction of sp³-hybridized carbons (Fsp3) is 0.542. The molecule has 0 saturated carbocycles. The van der Waals surface area contributed by atoms with Gasteiger partial charge < -0.3 is 14.4 Å². The number of amides is 1. The van der Waals surface area contributed by atoms with Gasteiger partial charge in [0.25, 0.3) is 0 Å². The molecule has 4 heteroatoms. The average Bonchev–Trinajstić information content (AvgIpc) is 3.27. The van der Waals surface area contributed by atoms with E-state index in [0.29, 0.717) is 12.5 Å². The van der Waals surface area contributed by atoms with E-state index >= 15 is 0 Å². The van der Waals surface area contributed by atoms with Crippen LogP contribution < -0.4 is 0 Å². The van der Waals surface area contributed by atoms with Crippen LogP contribution in [0.15, 0.2) is 48.8 Å². The lowest BCUT2D eigenvalue weighted by Gasteiger charge is -2.40. The number of aryl methyl sites for hydroxylation is 1. The number of carbonyl (C=O) groups is 1. The van der Waals surface area contributed by atoms with Gasteiger partial charge in [0.2, 0.25) is 5.91 Å². The van der Waals surface area contributed by atoms with Gasteiger partial charge in [0.05, 0.1) is 12.5 Å². The number of hydrogen-bond acceptors (Lipinski definition) is 2. The fourth-order valence-corrected chi connectivity index (χ4v) is 4.89. The summed E-state index contributed by atoms with van der Waals surface area (Å²) in [6, 6.07) is 13.4. The maximum absolute atomic E-state index is 13.1. The topological polar surface area (TPSA) is 28.5 Å². The minimum atomic E-state index is 0.0715. The Morgan fingerprint density at radius 3 is 2.39 bits per heavy atom. The van der Waals surface area contributed by atoms with Gasteiger partial charge in [0.15, 0.2) is 0 Å². The van der Waals surface area contributed by atoms with Gasteiger partial charge in [-0.25, -0.2) is 0 Å². The van der Waals surface area contributed by atoms with Gasteiger partial charge in [-0.05, 0) is 63.4 Å². The van der Waals surface area contributed by atoms with Crippen LogP contribution in [0.1, 0.15) is 55.7 Å². The van der Waals surface area contributed by atoms with Crippen molar-refractivity contribution in [3.05, 3.63) is 59.9 Å². The number of rotatable bonds is 5. The first-order valence-corrected chi connectivity index (χ1v) is 10.9. The second-order valence-electron chi connectivity index (χ2n) is 8.47. The van der Waals surface area contributed by atoms with E-state index in [9.17, 15) is 4.79 Å². The highest BCUT2D eigenvalue weighted by Gasteiger charge is 2.29. The third-order valence-corrected chi connectivity index (χ3v) is 6.51. The third kappa shape index (κ3) is 4.49. The van der Waals surface area contributed by atoms with Crippen molar-refractivity contribution in [3.8, 4) is 0 Å². The van der Waals surface area contributed by atoms with Crippen molar-refractivity contribution in [2.45, 2.75) is 57.5 Å². The van der Waals surface area contributed by atoms with Gasteiger partial charge in [0.1, 0.15) is 0 Å². The van der Waals surface area contributed by atoms with E-state index in [2.05, 4.69) is 57.9 Å². The van der Waals surface area contributed by atoms with Crippen molar-refractivity contribution in [2.24, 2.45) is 0 Å². The highest BCUT2D eigenvalue weighted by Crippen LogP contribution is 2.26.